The van der Waals surface area contributed by atoms with Crippen molar-refractivity contribution in [3.05, 3.63) is 0 Å². The molecular formula is C29H51N13O11. The average molecular weight is 758 g/mol. The van der Waals surface area contributed by atoms with Crippen molar-refractivity contribution in [1.29, 1.82) is 0 Å². The summed E-state index contributed by atoms with van der Waals surface area (Å²) in [4.78, 5) is 119. The fourth-order valence-electron chi connectivity index (χ4n) is 4.52. The van der Waals surface area contributed by atoms with Crippen molar-refractivity contribution in [2.75, 3.05) is 13.1 Å². The number of aliphatic carboxylic acids is 2. The third-order valence-electron chi connectivity index (χ3n) is 7.12. The van der Waals surface area contributed by atoms with Crippen LogP contribution in [-0.2, 0) is 43.2 Å². The van der Waals surface area contributed by atoms with Gasteiger partial charge in [-0.1, -0.05) is 0 Å². The number of nitrogens with zero attached hydrogens (tertiary/aromatic N) is 2. The first-order valence-electron chi connectivity index (χ1n) is 16.3. The third kappa shape index (κ3) is 22.3. The summed E-state index contributed by atoms with van der Waals surface area (Å²) in [5, 5.41) is 30.0. The molecule has 0 spiro atoms. The molecule has 0 rings (SSSR count). The van der Waals surface area contributed by atoms with Gasteiger partial charge in [0.15, 0.2) is 11.9 Å². The van der Waals surface area contributed by atoms with Crippen LogP contribution in [0.3, 0.4) is 0 Å². The molecule has 0 aromatic rings. The Balaban J connectivity index is 6.35. The monoisotopic (exact) mass is 757 g/mol. The Morgan fingerprint density at radius 3 is 1.13 bits per heavy atom. The van der Waals surface area contributed by atoms with Crippen molar-refractivity contribution >= 4 is 65.2 Å². The molecule has 0 radical (unpaired) electrons. The second-order valence-corrected chi connectivity index (χ2v) is 11.7. The molecule has 5 atom stereocenters. The number of hydrogen-bond acceptors (Lipinski definition) is 11. The smallest absolute Gasteiger partial charge is 0.303 e. The van der Waals surface area contributed by atoms with Gasteiger partial charge in [0, 0.05) is 39.3 Å². The van der Waals surface area contributed by atoms with Crippen LogP contribution in [0.5, 0.6) is 0 Å². The first-order valence-corrected chi connectivity index (χ1v) is 16.3. The maximum Gasteiger partial charge on any atom is 0.303 e. The molecule has 0 aliphatic rings. The Labute approximate surface area is 304 Å². The maximum absolute atomic E-state index is 13.6. The SMILES string of the molecule is CC(=O)N[C@@H](CCCN=C(N)N)C(=O)N[C@@H](CCCN=C(N)N)C(=O)N[C@@H](CCC(N)=O)C(=O)N[C@@H](CCC(=O)O)C(=O)N[C@@H](CCC(=O)O)C(N)=O. The molecule has 0 unspecified atom stereocenters. The van der Waals surface area contributed by atoms with E-state index in [4.69, 9.17) is 39.5 Å². The van der Waals surface area contributed by atoms with Gasteiger partial charge in [-0.05, 0) is 44.9 Å². The van der Waals surface area contributed by atoms with Gasteiger partial charge < -0.3 is 71.2 Å². The number of primary amides is 2. The van der Waals surface area contributed by atoms with Crippen LogP contribution in [-0.4, -0.2) is 119 Å². The highest BCUT2D eigenvalue weighted by molar-refractivity contribution is 5.96. The van der Waals surface area contributed by atoms with Gasteiger partial charge in [0.2, 0.25) is 41.4 Å². The highest BCUT2D eigenvalue weighted by Gasteiger charge is 2.32. The number of aliphatic imine (C=N–C) groups is 2. The van der Waals surface area contributed by atoms with E-state index in [0.29, 0.717) is 0 Å². The Bertz CT molecular complexity index is 1380. The Morgan fingerprint density at radius 1 is 0.491 bits per heavy atom. The molecule has 0 bridgehead atoms. The molecule has 19 N–H and O–H groups in total. The summed E-state index contributed by atoms with van der Waals surface area (Å²) in [6, 6.07) is -7.27. The van der Waals surface area contributed by atoms with Gasteiger partial charge >= 0.3 is 11.9 Å². The summed E-state index contributed by atoms with van der Waals surface area (Å²) >= 11 is 0. The average Bonchev–Trinajstić information content (AvgIpc) is 3.04. The lowest BCUT2D eigenvalue weighted by Crippen LogP contribution is -2.59. The summed E-state index contributed by atoms with van der Waals surface area (Å²) in [6.45, 7) is 1.33. The van der Waals surface area contributed by atoms with E-state index in [-0.39, 0.29) is 50.7 Å². The van der Waals surface area contributed by atoms with Crippen LogP contribution in [0.25, 0.3) is 0 Å². The minimum Gasteiger partial charge on any atom is -0.481 e. The number of amides is 7. The Morgan fingerprint density at radius 2 is 0.811 bits per heavy atom. The summed E-state index contributed by atoms with van der Waals surface area (Å²) in [6.07, 6.45) is -2.69. The van der Waals surface area contributed by atoms with E-state index < -0.39 is 122 Å². The van der Waals surface area contributed by atoms with Crippen LogP contribution in [0.2, 0.25) is 0 Å². The number of carboxylic acids is 2. The normalized spacial score (nSPS) is 13.3. The van der Waals surface area contributed by atoms with Crippen LogP contribution in [0.4, 0.5) is 0 Å². The summed E-state index contributed by atoms with van der Waals surface area (Å²) in [5.74, 6) is -9.55. The maximum atomic E-state index is 13.6. The first-order chi connectivity index (χ1) is 24.7. The van der Waals surface area contributed by atoms with Gasteiger partial charge in [0.1, 0.15) is 30.2 Å². The minimum absolute atomic E-state index is 0.0281. The van der Waals surface area contributed by atoms with Gasteiger partial charge in [0.25, 0.3) is 0 Å². The van der Waals surface area contributed by atoms with E-state index in [1.165, 1.54) is 6.92 Å². The molecule has 53 heavy (non-hydrogen) atoms. The van der Waals surface area contributed by atoms with E-state index >= 15 is 0 Å². The molecule has 24 heteroatoms. The molecule has 0 saturated heterocycles. The lowest BCUT2D eigenvalue weighted by Gasteiger charge is -2.27. The van der Waals surface area contributed by atoms with Gasteiger partial charge in [-0.15, -0.1) is 0 Å². The molecule has 0 aliphatic heterocycles. The lowest BCUT2D eigenvalue weighted by molar-refractivity contribution is -0.139. The second-order valence-electron chi connectivity index (χ2n) is 11.7. The van der Waals surface area contributed by atoms with Crippen LogP contribution in [0, 0.1) is 0 Å². The number of guanidine groups is 2. The van der Waals surface area contributed by atoms with Crippen molar-refractivity contribution in [2.45, 2.75) is 101 Å². The van der Waals surface area contributed by atoms with Crippen molar-refractivity contribution in [3.63, 3.8) is 0 Å². The molecule has 0 fully saturated rings. The quantitative estimate of drug-likeness (QED) is 0.0211. The number of carboxylic acid groups (broad SMARTS) is 2. The van der Waals surface area contributed by atoms with Gasteiger partial charge in [0.05, 0.1) is 0 Å². The largest absolute Gasteiger partial charge is 0.481 e. The number of carbonyl (C=O) groups excluding carboxylic acids is 7. The minimum atomic E-state index is -1.65. The summed E-state index contributed by atoms with van der Waals surface area (Å²) in [5.41, 5.74) is 31.9. The summed E-state index contributed by atoms with van der Waals surface area (Å²) in [7, 11) is 0. The van der Waals surface area contributed by atoms with Crippen LogP contribution < -0.4 is 61.0 Å². The van der Waals surface area contributed by atoms with E-state index in [1.54, 1.807) is 0 Å². The number of nitrogens with one attached hydrogen (secondary N) is 5. The number of nitrogens with two attached hydrogens (primary N) is 6. The standard InChI is InChI=1S/C29H51N13O11/c1-14(43)38-16(4-2-12-36-28(32)33)24(50)40-17(5-3-13-37-29(34)35)25(51)41-18(6-9-20(30)44)27(53)42-19(8-11-22(47)48)26(52)39-15(23(31)49)7-10-21(45)46/h15-19H,2-13H2,1H3,(H2,30,44)(H2,31,49)(H,38,43)(H,39,52)(H,40,50)(H,41,51)(H,42,53)(H,45,46)(H,47,48)(H4,32,33,36)(H4,34,35,37)/t15-,16-,17-,18-,19-/m0/s1. The van der Waals surface area contributed by atoms with Crippen molar-refractivity contribution in [3.8, 4) is 0 Å². The third-order valence-corrected chi connectivity index (χ3v) is 7.12. The van der Waals surface area contributed by atoms with Crippen LogP contribution in [0.15, 0.2) is 9.98 Å². The molecule has 24 nitrogen and oxygen atoms in total. The highest BCUT2D eigenvalue weighted by Crippen LogP contribution is 2.08. The van der Waals surface area contributed by atoms with Crippen LogP contribution >= 0.6 is 0 Å². The van der Waals surface area contributed by atoms with Gasteiger partial charge in [-0.2, -0.15) is 0 Å². The van der Waals surface area contributed by atoms with E-state index in [9.17, 15) is 48.3 Å². The van der Waals surface area contributed by atoms with Crippen molar-refractivity contribution < 1.29 is 53.4 Å². The zero-order chi connectivity index (χ0) is 40.7. The number of hydrogen-bond donors (Lipinski definition) is 13. The van der Waals surface area contributed by atoms with Crippen LogP contribution in [0.1, 0.15) is 71.1 Å². The number of carbonyl (C=O) groups is 9. The summed E-state index contributed by atoms with van der Waals surface area (Å²) < 4.78 is 0. The van der Waals surface area contributed by atoms with Crippen molar-refractivity contribution in [1.82, 2.24) is 26.6 Å². The van der Waals surface area contributed by atoms with Gasteiger partial charge in [-0.25, -0.2) is 0 Å². The predicted molar refractivity (Wildman–Crippen MR) is 187 cm³/mol. The molecule has 0 aliphatic carbocycles. The molecule has 7 amide bonds. The zero-order valence-electron chi connectivity index (χ0n) is 29.3. The van der Waals surface area contributed by atoms with Crippen molar-refractivity contribution in [2.24, 2.45) is 44.4 Å². The van der Waals surface area contributed by atoms with Gasteiger partial charge in [-0.3, -0.25) is 53.1 Å². The Kier molecular flexibility index (Phi) is 21.9. The zero-order valence-corrected chi connectivity index (χ0v) is 29.3. The fraction of sp³-hybridized carbons (Fsp3) is 0.621. The number of rotatable bonds is 27. The fourth-order valence-corrected chi connectivity index (χ4v) is 4.52. The first kappa shape index (κ1) is 46.8. The second kappa shape index (κ2) is 24.8. The molecule has 0 heterocycles. The highest BCUT2D eigenvalue weighted by atomic mass is 16.4. The van der Waals surface area contributed by atoms with E-state index in [1.807, 2.05) is 0 Å². The lowest BCUT2D eigenvalue weighted by atomic mass is 10.0. The molecule has 298 valence electrons. The Hall–Kier alpha value is -6.23. The predicted octanol–water partition coefficient (Wildman–Crippen LogP) is -5.98. The van der Waals surface area contributed by atoms with E-state index in [2.05, 4.69) is 36.6 Å². The molecular weight excluding hydrogens is 706 g/mol. The molecule has 0 aromatic carbocycles. The molecule has 0 aromatic heterocycles. The topological polar surface area (TPSA) is 435 Å². The van der Waals surface area contributed by atoms with E-state index in [0.717, 1.165) is 0 Å². The molecule has 0 saturated carbocycles.